The number of piperidine rings is 1. The molecule has 0 radical (unpaired) electrons. The zero-order chi connectivity index (χ0) is 27.9. The molecule has 4 aliphatic rings. The summed E-state index contributed by atoms with van der Waals surface area (Å²) in [5.74, 6) is 1.43. The number of ether oxygens (including phenoxy) is 1. The van der Waals surface area contributed by atoms with E-state index < -0.39 is 11.7 Å². The molecule has 1 saturated heterocycles. The number of carbonyl (C=O) groups is 2. The van der Waals surface area contributed by atoms with Crippen molar-refractivity contribution in [3.05, 3.63) is 70.6 Å². The molecule has 11 heteroatoms. The maximum absolute atomic E-state index is 13.8. The smallest absolute Gasteiger partial charge is 0.413 e. The number of pyridine rings is 1. The molecule has 11 nitrogen and oxygen atoms in total. The Balaban J connectivity index is 1.09. The first kappa shape index (κ1) is 24.4. The highest BCUT2D eigenvalue weighted by molar-refractivity contribution is 5.88. The third-order valence-electron chi connectivity index (χ3n) is 9.66. The van der Waals surface area contributed by atoms with Crippen molar-refractivity contribution in [2.75, 3.05) is 18.4 Å². The number of aromatic amines is 1. The maximum Gasteiger partial charge on any atom is 0.413 e. The highest BCUT2D eigenvalue weighted by Gasteiger charge is 2.46. The van der Waals surface area contributed by atoms with Gasteiger partial charge >= 0.3 is 12.1 Å². The van der Waals surface area contributed by atoms with Crippen LogP contribution < -0.4 is 10.6 Å². The van der Waals surface area contributed by atoms with Gasteiger partial charge in [0.05, 0.1) is 24.3 Å². The fourth-order valence-corrected chi connectivity index (χ4v) is 7.03. The summed E-state index contributed by atoms with van der Waals surface area (Å²) in [5, 5.41) is 14.7. The second kappa shape index (κ2) is 8.55. The van der Waals surface area contributed by atoms with Crippen LogP contribution in [0.5, 0.6) is 0 Å². The van der Waals surface area contributed by atoms with E-state index in [4.69, 9.17) is 9.72 Å². The Labute approximate surface area is 236 Å². The normalized spacial score (nSPS) is 21.8. The minimum atomic E-state index is -0.775. The monoisotopic (exact) mass is 552 g/mol. The van der Waals surface area contributed by atoms with Gasteiger partial charge in [0, 0.05) is 66.8 Å². The van der Waals surface area contributed by atoms with Crippen molar-refractivity contribution in [1.82, 2.24) is 34.9 Å². The number of H-pyrrole nitrogens is 1. The highest BCUT2D eigenvalue weighted by atomic mass is 16.6. The van der Waals surface area contributed by atoms with E-state index in [1.807, 2.05) is 29.4 Å². The van der Waals surface area contributed by atoms with E-state index in [1.54, 1.807) is 6.20 Å². The first-order chi connectivity index (χ1) is 19.8. The number of likely N-dealkylation sites (tertiary alicyclic amines) is 1. The van der Waals surface area contributed by atoms with Crippen LogP contribution >= 0.6 is 0 Å². The van der Waals surface area contributed by atoms with E-state index in [0.717, 1.165) is 40.7 Å². The van der Waals surface area contributed by atoms with Crippen molar-refractivity contribution in [2.24, 2.45) is 0 Å². The number of amides is 3. The van der Waals surface area contributed by atoms with Crippen molar-refractivity contribution in [1.29, 1.82) is 0 Å². The van der Waals surface area contributed by atoms with Gasteiger partial charge in [0.25, 0.3) is 0 Å². The van der Waals surface area contributed by atoms with Gasteiger partial charge in [-0.05, 0) is 48.6 Å². The van der Waals surface area contributed by atoms with Crippen molar-refractivity contribution in [3.63, 3.8) is 0 Å². The summed E-state index contributed by atoms with van der Waals surface area (Å²) in [7, 11) is 0. The van der Waals surface area contributed by atoms with Gasteiger partial charge in [-0.1, -0.05) is 13.0 Å². The lowest BCUT2D eigenvalue weighted by atomic mass is 9.83. The Bertz CT molecular complexity index is 1730. The van der Waals surface area contributed by atoms with E-state index in [-0.39, 0.29) is 17.5 Å². The molecule has 1 spiro atoms. The second-order valence-electron chi connectivity index (χ2n) is 12.2. The molecule has 41 heavy (non-hydrogen) atoms. The number of aromatic nitrogens is 5. The Kier molecular flexibility index (Phi) is 5.08. The van der Waals surface area contributed by atoms with Crippen LogP contribution in [0.3, 0.4) is 0 Å². The Morgan fingerprint density at radius 1 is 1.17 bits per heavy atom. The van der Waals surface area contributed by atoms with Crippen LogP contribution in [0.2, 0.25) is 0 Å². The number of nitrogens with one attached hydrogen (secondary N) is 3. The topological polar surface area (TPSA) is 130 Å². The predicted molar refractivity (Wildman–Crippen MR) is 151 cm³/mol. The van der Waals surface area contributed by atoms with Crippen LogP contribution in [0.25, 0.3) is 10.9 Å². The Morgan fingerprint density at radius 3 is 2.80 bits per heavy atom. The quantitative estimate of drug-likeness (QED) is 0.338. The molecule has 1 aromatic carbocycles. The third kappa shape index (κ3) is 3.74. The van der Waals surface area contributed by atoms with E-state index in [1.165, 1.54) is 16.8 Å². The number of imidazole rings is 1. The minimum absolute atomic E-state index is 0.128. The molecule has 0 bridgehead atoms. The number of nitrogens with zero attached hydrogens (tertiary/aromatic N) is 5. The van der Waals surface area contributed by atoms with Gasteiger partial charge in [0.15, 0.2) is 0 Å². The van der Waals surface area contributed by atoms with Crippen molar-refractivity contribution < 1.29 is 14.3 Å². The number of urea groups is 1. The van der Waals surface area contributed by atoms with E-state index in [2.05, 4.69) is 50.3 Å². The average Bonchev–Trinajstić information content (AvgIpc) is 3.35. The lowest BCUT2D eigenvalue weighted by molar-refractivity contribution is -0.0308. The fourth-order valence-electron chi connectivity index (χ4n) is 7.03. The average molecular weight is 553 g/mol. The highest BCUT2D eigenvalue weighted by Crippen LogP contribution is 2.49. The standard InChI is InChI=1S/C30H32N8O3/c1-17-12-18-13-22(26-32-15-23(29(2)5-6-29)38(26)16-20(18)19-14-33-36-24(17)19)34-27(39)37-10-7-30(8-11-37)21-4-3-9-31-25(21)35-28(40)41-30/h3-4,9,12,14-15,22H,5-8,10-11,13,16H2,1-2H3,(H,33,36)(H,34,39)(H,31,35,40)/t22-/m1/s1. The number of rotatable bonds is 2. The number of aryl methyl sites for hydroxylation is 1. The third-order valence-corrected chi connectivity index (χ3v) is 9.66. The van der Waals surface area contributed by atoms with E-state index in [9.17, 15) is 9.59 Å². The first-order valence-corrected chi connectivity index (χ1v) is 14.3. The van der Waals surface area contributed by atoms with Crippen LogP contribution in [0, 0.1) is 6.92 Å². The molecule has 0 unspecified atom stereocenters. The van der Waals surface area contributed by atoms with Gasteiger partial charge in [0.2, 0.25) is 0 Å². The molecule has 3 N–H and O–H groups in total. The first-order valence-electron chi connectivity index (χ1n) is 14.3. The summed E-state index contributed by atoms with van der Waals surface area (Å²) < 4.78 is 8.16. The molecule has 1 aliphatic carbocycles. The summed E-state index contributed by atoms with van der Waals surface area (Å²) in [5.41, 5.74) is 6.10. The number of benzene rings is 1. The summed E-state index contributed by atoms with van der Waals surface area (Å²) in [6.45, 7) is 6.02. The van der Waals surface area contributed by atoms with Crippen LogP contribution in [0.4, 0.5) is 15.4 Å². The molecule has 210 valence electrons. The minimum Gasteiger partial charge on any atom is -0.437 e. The molecule has 4 aromatic rings. The van der Waals surface area contributed by atoms with Gasteiger partial charge in [-0.15, -0.1) is 0 Å². The summed E-state index contributed by atoms with van der Waals surface area (Å²) in [4.78, 5) is 37.1. The molecule has 3 aromatic heterocycles. The van der Waals surface area contributed by atoms with Crippen molar-refractivity contribution in [2.45, 2.75) is 69.6 Å². The lowest BCUT2D eigenvalue weighted by Gasteiger charge is -2.43. The van der Waals surface area contributed by atoms with Gasteiger partial charge in [0.1, 0.15) is 17.2 Å². The van der Waals surface area contributed by atoms with E-state index in [0.29, 0.717) is 44.7 Å². The molecule has 1 saturated carbocycles. The van der Waals surface area contributed by atoms with Gasteiger partial charge in [-0.25, -0.2) is 19.6 Å². The van der Waals surface area contributed by atoms with Gasteiger partial charge < -0.3 is 19.5 Å². The summed E-state index contributed by atoms with van der Waals surface area (Å²) in [6, 6.07) is 5.61. The molecule has 2 fully saturated rings. The molecule has 3 aliphatic heterocycles. The van der Waals surface area contributed by atoms with Crippen LogP contribution in [-0.2, 0) is 28.7 Å². The second-order valence-corrected chi connectivity index (χ2v) is 12.2. The van der Waals surface area contributed by atoms with Crippen molar-refractivity contribution in [3.8, 4) is 0 Å². The predicted octanol–water partition coefficient (Wildman–Crippen LogP) is 4.42. The molecular formula is C30H32N8O3. The fraction of sp³-hybridized carbons (Fsp3) is 0.433. The summed E-state index contributed by atoms with van der Waals surface area (Å²) in [6.07, 6.45) is 9.04. The molecule has 6 heterocycles. The SMILES string of the molecule is Cc1cc2c(c3cn[nH]c13)Cn1c(C3(C)CC3)cnc1[C@H](NC(=O)N1CCC3(CC1)OC(=O)Nc1ncccc13)C2. The van der Waals surface area contributed by atoms with Gasteiger partial charge in [-0.3, -0.25) is 10.4 Å². The number of hydrogen-bond acceptors (Lipinski definition) is 6. The number of carbonyl (C=O) groups excluding carboxylic acids is 2. The molecular weight excluding hydrogens is 520 g/mol. The summed E-state index contributed by atoms with van der Waals surface area (Å²) >= 11 is 0. The largest absolute Gasteiger partial charge is 0.437 e. The van der Waals surface area contributed by atoms with Crippen LogP contribution in [0.1, 0.15) is 72.4 Å². The number of anilines is 1. The van der Waals surface area contributed by atoms with Crippen LogP contribution in [-0.4, -0.2) is 54.8 Å². The zero-order valence-electron chi connectivity index (χ0n) is 23.2. The molecule has 3 amide bonds. The maximum atomic E-state index is 13.8. The molecule has 8 rings (SSSR count). The lowest BCUT2D eigenvalue weighted by Crippen LogP contribution is -2.52. The van der Waals surface area contributed by atoms with Crippen molar-refractivity contribution >= 4 is 28.8 Å². The van der Waals surface area contributed by atoms with Gasteiger partial charge in [-0.2, -0.15) is 5.10 Å². The number of fused-ring (bicyclic) bond motifs is 6. The van der Waals surface area contributed by atoms with E-state index >= 15 is 0 Å². The zero-order valence-corrected chi connectivity index (χ0v) is 23.2. The molecule has 1 atom stereocenters. The Hall–Kier alpha value is -4.41. The number of hydrogen-bond donors (Lipinski definition) is 3. The Morgan fingerprint density at radius 2 is 2.00 bits per heavy atom. The van der Waals surface area contributed by atoms with Crippen LogP contribution in [0.15, 0.2) is 36.8 Å².